The number of amides is 2. The molecule has 0 bridgehead atoms. The van der Waals surface area contributed by atoms with E-state index in [1.54, 1.807) is 37.5 Å². The van der Waals surface area contributed by atoms with Gasteiger partial charge in [0.05, 0.1) is 25.2 Å². The van der Waals surface area contributed by atoms with Gasteiger partial charge >= 0.3 is 11.8 Å². The second-order valence-corrected chi connectivity index (χ2v) is 9.06. The fourth-order valence-electron chi connectivity index (χ4n) is 3.27. The number of rotatable bonds is 7. The summed E-state index contributed by atoms with van der Waals surface area (Å²) in [5.74, 6) is -1.11. The van der Waals surface area contributed by atoms with Gasteiger partial charge in [0.2, 0.25) is 10.0 Å². The second kappa shape index (κ2) is 10.5. The molecule has 0 spiro atoms. The smallest absolute Gasteiger partial charge is 0.309 e. The first-order valence-electron chi connectivity index (χ1n) is 10.1. The number of aromatic nitrogens is 1. The van der Waals surface area contributed by atoms with Crippen molar-refractivity contribution >= 4 is 21.8 Å². The Morgan fingerprint density at radius 3 is 2.59 bits per heavy atom. The van der Waals surface area contributed by atoms with Crippen LogP contribution in [0.2, 0.25) is 0 Å². The molecule has 1 fully saturated rings. The molecule has 0 saturated carbocycles. The molecule has 1 aromatic carbocycles. The monoisotopic (exact) mass is 462 g/mol. The average Bonchev–Trinajstić information content (AvgIpc) is 2.81. The van der Waals surface area contributed by atoms with Gasteiger partial charge in [-0.1, -0.05) is 0 Å². The molecule has 0 radical (unpaired) electrons. The standard InChI is InChI=1S/C21H26N4O6S/c1-15-12-17(4-5-18(15)30-2)32(28,29)25-10-3-11-31-19(25)14-24-21(27)20(26)23-13-16-6-8-22-9-7-16/h4-9,12,19H,3,10-11,13-14H2,1-2H3,(H,23,26)(H,24,27)/t19-/m1/s1. The van der Waals surface area contributed by atoms with Gasteiger partial charge in [0.25, 0.3) is 0 Å². The number of methoxy groups -OCH3 is 1. The van der Waals surface area contributed by atoms with Crippen LogP contribution in [0, 0.1) is 6.92 Å². The van der Waals surface area contributed by atoms with Gasteiger partial charge in [-0.15, -0.1) is 0 Å². The highest BCUT2D eigenvalue weighted by Gasteiger charge is 2.35. The Balaban J connectivity index is 1.63. The first-order valence-corrected chi connectivity index (χ1v) is 11.5. The number of pyridine rings is 1. The van der Waals surface area contributed by atoms with Gasteiger partial charge in [-0.2, -0.15) is 4.31 Å². The van der Waals surface area contributed by atoms with Crippen molar-refractivity contribution in [2.45, 2.75) is 31.0 Å². The van der Waals surface area contributed by atoms with Crippen LogP contribution in [-0.2, 0) is 30.9 Å². The minimum Gasteiger partial charge on any atom is -0.496 e. The number of nitrogens with one attached hydrogen (secondary N) is 2. The number of sulfonamides is 1. The molecule has 32 heavy (non-hydrogen) atoms. The molecule has 2 amide bonds. The van der Waals surface area contributed by atoms with Crippen molar-refractivity contribution in [2.24, 2.45) is 0 Å². The maximum Gasteiger partial charge on any atom is 0.309 e. The molecule has 1 aromatic heterocycles. The highest BCUT2D eigenvalue weighted by atomic mass is 32.2. The number of benzene rings is 1. The predicted octanol–water partition coefficient (Wildman–Crippen LogP) is 0.568. The van der Waals surface area contributed by atoms with E-state index >= 15 is 0 Å². The summed E-state index contributed by atoms with van der Waals surface area (Å²) in [5.41, 5.74) is 1.48. The zero-order chi connectivity index (χ0) is 23.1. The Labute approximate surface area is 187 Å². The minimum atomic E-state index is -3.88. The van der Waals surface area contributed by atoms with Gasteiger partial charge in [0, 0.05) is 25.5 Å². The number of hydrogen-bond acceptors (Lipinski definition) is 7. The summed E-state index contributed by atoms with van der Waals surface area (Å²) in [6, 6.07) is 8.04. The van der Waals surface area contributed by atoms with Crippen molar-refractivity contribution in [3.05, 3.63) is 53.9 Å². The zero-order valence-corrected chi connectivity index (χ0v) is 18.7. The largest absolute Gasteiger partial charge is 0.496 e. The van der Waals surface area contributed by atoms with Crippen LogP contribution in [0.15, 0.2) is 47.6 Å². The molecule has 3 rings (SSSR count). The second-order valence-electron chi connectivity index (χ2n) is 7.17. The Bertz CT molecular complexity index is 1060. The molecule has 1 aliphatic rings. The van der Waals surface area contributed by atoms with Crippen LogP contribution in [-0.4, -0.2) is 62.6 Å². The quantitative estimate of drug-likeness (QED) is 0.576. The highest BCUT2D eigenvalue weighted by Crippen LogP contribution is 2.26. The molecular weight excluding hydrogens is 436 g/mol. The molecule has 0 unspecified atom stereocenters. The third kappa shape index (κ3) is 5.61. The summed E-state index contributed by atoms with van der Waals surface area (Å²) in [6.07, 6.45) is 2.77. The van der Waals surface area contributed by atoms with Crippen LogP contribution in [0.5, 0.6) is 5.75 Å². The van der Waals surface area contributed by atoms with Crippen molar-refractivity contribution in [1.29, 1.82) is 0 Å². The molecule has 10 nitrogen and oxygen atoms in total. The van der Waals surface area contributed by atoms with Crippen molar-refractivity contribution < 1.29 is 27.5 Å². The van der Waals surface area contributed by atoms with E-state index in [4.69, 9.17) is 9.47 Å². The lowest BCUT2D eigenvalue weighted by atomic mass is 10.2. The van der Waals surface area contributed by atoms with E-state index < -0.39 is 28.1 Å². The molecule has 2 N–H and O–H groups in total. The number of carbonyl (C=O) groups excluding carboxylic acids is 2. The van der Waals surface area contributed by atoms with E-state index in [-0.39, 0.29) is 24.5 Å². The van der Waals surface area contributed by atoms with Crippen molar-refractivity contribution in [3.63, 3.8) is 0 Å². The SMILES string of the molecule is COc1ccc(S(=O)(=O)N2CCCO[C@@H]2CNC(=O)C(=O)NCc2ccncc2)cc1C. The van der Waals surface area contributed by atoms with E-state index in [1.165, 1.54) is 23.5 Å². The van der Waals surface area contributed by atoms with E-state index in [2.05, 4.69) is 15.6 Å². The molecule has 1 aliphatic heterocycles. The van der Waals surface area contributed by atoms with Crippen LogP contribution in [0.25, 0.3) is 0 Å². The van der Waals surface area contributed by atoms with Crippen LogP contribution in [0.3, 0.4) is 0 Å². The number of nitrogens with zero attached hydrogens (tertiary/aromatic N) is 2. The third-order valence-corrected chi connectivity index (χ3v) is 6.86. The average molecular weight is 463 g/mol. The Morgan fingerprint density at radius 1 is 1.19 bits per heavy atom. The topological polar surface area (TPSA) is 127 Å². The lowest BCUT2D eigenvalue weighted by Gasteiger charge is -2.34. The molecule has 11 heteroatoms. The van der Waals surface area contributed by atoms with Crippen LogP contribution in [0.1, 0.15) is 17.5 Å². The van der Waals surface area contributed by atoms with Crippen molar-refractivity contribution in [3.8, 4) is 5.75 Å². The van der Waals surface area contributed by atoms with E-state index in [0.29, 0.717) is 24.3 Å². The van der Waals surface area contributed by atoms with Gasteiger partial charge in [0.15, 0.2) is 0 Å². The summed E-state index contributed by atoms with van der Waals surface area (Å²) < 4.78 is 38.4. The molecule has 2 aromatic rings. The molecule has 172 valence electrons. The summed E-state index contributed by atoms with van der Waals surface area (Å²) in [7, 11) is -2.36. The summed E-state index contributed by atoms with van der Waals surface area (Å²) in [5, 5.41) is 4.96. The zero-order valence-electron chi connectivity index (χ0n) is 17.9. The van der Waals surface area contributed by atoms with Gasteiger partial charge < -0.3 is 20.1 Å². The van der Waals surface area contributed by atoms with Crippen LogP contribution >= 0.6 is 0 Å². The number of ether oxygens (including phenoxy) is 2. The predicted molar refractivity (Wildman–Crippen MR) is 115 cm³/mol. The summed E-state index contributed by atoms with van der Waals surface area (Å²) >= 11 is 0. The van der Waals surface area contributed by atoms with Gasteiger partial charge in [-0.3, -0.25) is 14.6 Å². The first-order chi connectivity index (χ1) is 15.3. The van der Waals surface area contributed by atoms with Gasteiger partial charge in [-0.25, -0.2) is 8.42 Å². The van der Waals surface area contributed by atoms with Crippen molar-refractivity contribution in [2.75, 3.05) is 26.8 Å². The van der Waals surface area contributed by atoms with E-state index in [1.807, 2.05) is 0 Å². The molecule has 2 heterocycles. The van der Waals surface area contributed by atoms with Gasteiger partial charge in [0.1, 0.15) is 12.0 Å². The highest BCUT2D eigenvalue weighted by molar-refractivity contribution is 7.89. The Hall–Kier alpha value is -3.02. The lowest BCUT2D eigenvalue weighted by Crippen LogP contribution is -2.53. The Morgan fingerprint density at radius 2 is 1.91 bits per heavy atom. The van der Waals surface area contributed by atoms with Gasteiger partial charge in [-0.05, 0) is 54.8 Å². The minimum absolute atomic E-state index is 0.104. The first kappa shape index (κ1) is 23.6. The number of hydrogen-bond donors (Lipinski definition) is 2. The van der Waals surface area contributed by atoms with E-state index in [9.17, 15) is 18.0 Å². The van der Waals surface area contributed by atoms with Crippen molar-refractivity contribution in [1.82, 2.24) is 19.9 Å². The fourth-order valence-corrected chi connectivity index (χ4v) is 4.92. The third-order valence-electron chi connectivity index (χ3n) is 4.97. The molecule has 1 saturated heterocycles. The molecular formula is C21H26N4O6S. The maximum absolute atomic E-state index is 13.2. The van der Waals surface area contributed by atoms with Crippen LogP contribution in [0.4, 0.5) is 0 Å². The van der Waals surface area contributed by atoms with E-state index in [0.717, 1.165) is 5.56 Å². The number of carbonyl (C=O) groups is 2. The summed E-state index contributed by atoms with van der Waals surface area (Å²) in [4.78, 5) is 28.2. The molecule has 0 aliphatic carbocycles. The summed E-state index contributed by atoms with van der Waals surface area (Å²) in [6.45, 7) is 2.36. The maximum atomic E-state index is 13.2. The molecule has 1 atom stereocenters. The lowest BCUT2D eigenvalue weighted by molar-refractivity contribution is -0.140. The Kier molecular flexibility index (Phi) is 7.78. The van der Waals surface area contributed by atoms with Crippen LogP contribution < -0.4 is 15.4 Å². The normalized spacial score (nSPS) is 16.9. The fraction of sp³-hybridized carbons (Fsp3) is 0.381. The number of aryl methyl sites for hydroxylation is 1.